The fourth-order valence-electron chi connectivity index (χ4n) is 1.67. The number of nitrogen functional groups attached to an aromatic ring is 1. The van der Waals surface area contributed by atoms with Gasteiger partial charge in [-0.3, -0.25) is 0 Å². The summed E-state index contributed by atoms with van der Waals surface area (Å²) < 4.78 is 4.31. The first-order valence-corrected chi connectivity index (χ1v) is 4.32. The number of nitrogens with zero attached hydrogens (tertiary/aromatic N) is 2. The van der Waals surface area contributed by atoms with Gasteiger partial charge in [0.1, 0.15) is 0 Å². The number of benzene rings is 1. The summed E-state index contributed by atoms with van der Waals surface area (Å²) in [6.45, 7) is 2.09. The van der Waals surface area contributed by atoms with Gasteiger partial charge in [-0.25, -0.2) is 9.13 Å². The number of rotatable bonds is 0. The predicted octanol–water partition coefficient (Wildman–Crippen LogP) is 0.893. The van der Waals surface area contributed by atoms with Crippen molar-refractivity contribution in [3.8, 4) is 0 Å². The Balaban J connectivity index is 2.95. The predicted molar refractivity (Wildman–Crippen MR) is 53.2 cm³/mol. The molecular weight excluding hydrogens is 162 g/mol. The number of aromatic nitrogens is 2. The lowest BCUT2D eigenvalue weighted by Gasteiger charge is -1.90. The van der Waals surface area contributed by atoms with Gasteiger partial charge in [0, 0.05) is 18.7 Å². The first-order chi connectivity index (χ1) is 6.11. The molecule has 0 radical (unpaired) electrons. The highest BCUT2D eigenvalue weighted by Gasteiger charge is 2.15. The van der Waals surface area contributed by atoms with Crippen LogP contribution in [0, 0.1) is 6.92 Å². The van der Waals surface area contributed by atoms with Crippen LogP contribution in [0.25, 0.3) is 11.0 Å². The van der Waals surface area contributed by atoms with Crippen LogP contribution in [0.4, 0.5) is 5.69 Å². The minimum Gasteiger partial charge on any atom is -0.399 e. The molecule has 0 bridgehead atoms. The molecule has 68 valence electrons. The van der Waals surface area contributed by atoms with Crippen molar-refractivity contribution in [3.63, 3.8) is 0 Å². The molecule has 0 saturated carbocycles. The van der Waals surface area contributed by atoms with Crippen LogP contribution in [0.5, 0.6) is 0 Å². The van der Waals surface area contributed by atoms with Gasteiger partial charge in [-0.15, -0.1) is 0 Å². The molecule has 0 saturated heterocycles. The maximum Gasteiger partial charge on any atom is 0.253 e. The number of aryl methyl sites for hydroxylation is 2. The van der Waals surface area contributed by atoms with E-state index in [1.165, 1.54) is 16.9 Å². The summed E-state index contributed by atoms with van der Waals surface area (Å²) in [5.41, 5.74) is 8.94. The number of hydrogen-bond acceptors (Lipinski definition) is 1. The van der Waals surface area contributed by atoms with Gasteiger partial charge in [-0.05, 0) is 12.1 Å². The number of hydrogen-bond donors (Lipinski definition) is 1. The third-order valence-corrected chi connectivity index (χ3v) is 2.69. The molecule has 3 nitrogen and oxygen atoms in total. The van der Waals surface area contributed by atoms with Gasteiger partial charge < -0.3 is 5.73 Å². The molecule has 0 unspecified atom stereocenters. The third-order valence-electron chi connectivity index (χ3n) is 2.69. The van der Waals surface area contributed by atoms with E-state index < -0.39 is 0 Å². The van der Waals surface area contributed by atoms with Crippen molar-refractivity contribution in [2.45, 2.75) is 6.92 Å². The Kier molecular flexibility index (Phi) is 1.55. The quantitative estimate of drug-likeness (QED) is 0.469. The second-order valence-electron chi connectivity index (χ2n) is 3.41. The topological polar surface area (TPSA) is 34.8 Å². The molecule has 13 heavy (non-hydrogen) atoms. The minimum atomic E-state index is 0.814. The second kappa shape index (κ2) is 2.49. The highest BCUT2D eigenvalue weighted by molar-refractivity contribution is 5.76. The largest absolute Gasteiger partial charge is 0.399 e. The van der Waals surface area contributed by atoms with E-state index in [1.807, 2.05) is 12.1 Å². The highest BCUT2D eigenvalue weighted by Crippen LogP contribution is 2.15. The van der Waals surface area contributed by atoms with Crippen molar-refractivity contribution >= 4 is 16.7 Å². The van der Waals surface area contributed by atoms with E-state index in [1.54, 1.807) is 0 Å². The van der Waals surface area contributed by atoms with Gasteiger partial charge in [0.2, 0.25) is 0 Å². The number of anilines is 1. The normalized spacial score (nSPS) is 11.0. The molecular formula is C10H14N3+. The molecule has 1 heterocycles. The van der Waals surface area contributed by atoms with E-state index in [0.29, 0.717) is 0 Å². The van der Waals surface area contributed by atoms with Gasteiger partial charge >= 0.3 is 0 Å². The van der Waals surface area contributed by atoms with E-state index >= 15 is 0 Å². The van der Waals surface area contributed by atoms with E-state index in [-0.39, 0.29) is 0 Å². The third kappa shape index (κ3) is 1.00. The van der Waals surface area contributed by atoms with Crippen LogP contribution < -0.4 is 10.3 Å². The van der Waals surface area contributed by atoms with Gasteiger partial charge in [-0.2, -0.15) is 0 Å². The summed E-state index contributed by atoms with van der Waals surface area (Å²) in [6.07, 6.45) is 0. The Morgan fingerprint density at radius 1 is 1.38 bits per heavy atom. The number of fused-ring (bicyclic) bond motifs is 1. The van der Waals surface area contributed by atoms with Crippen molar-refractivity contribution in [1.29, 1.82) is 0 Å². The molecule has 0 aliphatic carbocycles. The lowest BCUT2D eigenvalue weighted by atomic mass is 10.3. The zero-order chi connectivity index (χ0) is 9.59. The first kappa shape index (κ1) is 8.10. The van der Waals surface area contributed by atoms with Crippen LogP contribution in [0.2, 0.25) is 0 Å². The van der Waals surface area contributed by atoms with Crippen molar-refractivity contribution < 1.29 is 4.57 Å². The van der Waals surface area contributed by atoms with Gasteiger partial charge in [0.15, 0.2) is 11.0 Å². The van der Waals surface area contributed by atoms with Gasteiger partial charge in [0.05, 0.1) is 14.1 Å². The summed E-state index contributed by atoms with van der Waals surface area (Å²) in [4.78, 5) is 0. The Labute approximate surface area is 77.4 Å². The lowest BCUT2D eigenvalue weighted by Crippen LogP contribution is -2.30. The van der Waals surface area contributed by atoms with E-state index in [2.05, 4.69) is 36.2 Å². The molecule has 0 fully saturated rings. The summed E-state index contributed by atoms with van der Waals surface area (Å²) in [6, 6.07) is 5.99. The van der Waals surface area contributed by atoms with E-state index in [4.69, 9.17) is 5.73 Å². The zero-order valence-electron chi connectivity index (χ0n) is 8.20. The Hall–Kier alpha value is -1.51. The highest BCUT2D eigenvalue weighted by atomic mass is 15.1. The molecule has 2 rings (SSSR count). The van der Waals surface area contributed by atoms with Crippen molar-refractivity contribution in [1.82, 2.24) is 4.57 Å². The molecule has 3 heteroatoms. The van der Waals surface area contributed by atoms with Crippen LogP contribution in [0.3, 0.4) is 0 Å². The molecule has 1 aromatic carbocycles. The Morgan fingerprint density at radius 3 is 2.77 bits per heavy atom. The Bertz CT molecular complexity index is 468. The van der Waals surface area contributed by atoms with E-state index in [9.17, 15) is 0 Å². The molecule has 0 atom stereocenters. The van der Waals surface area contributed by atoms with Crippen molar-refractivity contribution in [3.05, 3.63) is 24.0 Å². The minimum absolute atomic E-state index is 0.814. The van der Waals surface area contributed by atoms with Crippen LogP contribution in [0.15, 0.2) is 18.2 Å². The monoisotopic (exact) mass is 176 g/mol. The molecule has 1 aromatic heterocycles. The smallest absolute Gasteiger partial charge is 0.253 e. The molecule has 0 aliphatic rings. The van der Waals surface area contributed by atoms with Crippen LogP contribution >= 0.6 is 0 Å². The Morgan fingerprint density at radius 2 is 2.08 bits per heavy atom. The summed E-state index contributed by atoms with van der Waals surface area (Å²) in [5, 5.41) is 0. The van der Waals surface area contributed by atoms with Crippen LogP contribution in [0.1, 0.15) is 5.82 Å². The standard InChI is InChI=1S/C10H14N3/c1-7-12(2)9-5-4-8(11)6-10(9)13(7)3/h4-6H,11H2,1-3H3/q+1. The summed E-state index contributed by atoms with van der Waals surface area (Å²) >= 11 is 0. The van der Waals surface area contributed by atoms with Crippen molar-refractivity contribution in [2.24, 2.45) is 14.1 Å². The maximum absolute atomic E-state index is 5.73. The molecule has 0 amide bonds. The van der Waals surface area contributed by atoms with Gasteiger partial charge in [0.25, 0.3) is 5.82 Å². The fraction of sp³-hybridized carbons (Fsp3) is 0.300. The summed E-state index contributed by atoms with van der Waals surface area (Å²) in [7, 11) is 4.12. The summed E-state index contributed by atoms with van der Waals surface area (Å²) in [5.74, 6) is 1.22. The zero-order valence-corrected chi connectivity index (χ0v) is 8.20. The first-order valence-electron chi connectivity index (χ1n) is 4.32. The molecule has 0 aliphatic heterocycles. The SMILES string of the molecule is Cc1n(C)c2cc(N)ccc2[n+]1C. The molecule has 2 N–H and O–H groups in total. The van der Waals surface area contributed by atoms with E-state index in [0.717, 1.165) is 5.69 Å². The number of nitrogens with two attached hydrogens (primary N) is 1. The van der Waals surface area contributed by atoms with Crippen LogP contribution in [-0.2, 0) is 14.1 Å². The second-order valence-corrected chi connectivity index (χ2v) is 3.41. The van der Waals surface area contributed by atoms with Crippen LogP contribution in [-0.4, -0.2) is 4.57 Å². The molecule has 2 aromatic rings. The molecule has 0 spiro atoms. The van der Waals surface area contributed by atoms with Gasteiger partial charge in [-0.1, -0.05) is 0 Å². The fourth-order valence-corrected chi connectivity index (χ4v) is 1.67. The number of imidazole rings is 1. The average molecular weight is 176 g/mol. The average Bonchev–Trinajstić information content (AvgIpc) is 2.32. The maximum atomic E-state index is 5.73. The van der Waals surface area contributed by atoms with Crippen molar-refractivity contribution in [2.75, 3.05) is 5.73 Å². The lowest BCUT2D eigenvalue weighted by molar-refractivity contribution is -0.652.